The molecular weight excluding hydrogens is 376 g/mol. The molecule has 1 heterocycles. The molecule has 0 spiro atoms. The highest BCUT2D eigenvalue weighted by Gasteiger charge is 2.37. The first-order valence-corrected chi connectivity index (χ1v) is 7.13. The predicted molar refractivity (Wildman–Crippen MR) is 79.2 cm³/mol. The Bertz CT molecular complexity index is 444. The van der Waals surface area contributed by atoms with Crippen molar-refractivity contribution in [2.75, 3.05) is 26.2 Å². The van der Waals surface area contributed by atoms with E-state index in [0.29, 0.717) is 30.7 Å². The number of hydrogen-bond acceptors (Lipinski definition) is 2. The van der Waals surface area contributed by atoms with Gasteiger partial charge in [0, 0.05) is 42.3 Å². The first kappa shape index (κ1) is 18.7. The molecule has 0 radical (unpaired) electrons. The van der Waals surface area contributed by atoms with Gasteiger partial charge in [-0.15, -0.1) is 12.4 Å². The fourth-order valence-corrected chi connectivity index (χ4v) is 3.06. The number of nitrogens with zero attached hydrogens (tertiary/aromatic N) is 1. The summed E-state index contributed by atoms with van der Waals surface area (Å²) in [4.78, 5) is 1.69. The van der Waals surface area contributed by atoms with E-state index in [9.17, 15) is 17.6 Å². The zero-order chi connectivity index (χ0) is 14.8. The standard InChI is InChI=1S/C13H15BrF4N2.ClH/c14-9-2-1-3-10(15)12(9)11(8-13(16,17)18)20-6-4-19-5-7-20;/h1-3,11,19H,4-8H2;1H/t11-;/m1./s1. The highest BCUT2D eigenvalue weighted by atomic mass is 79.9. The molecule has 8 heteroatoms. The lowest BCUT2D eigenvalue weighted by Crippen LogP contribution is -2.46. The van der Waals surface area contributed by atoms with Crippen LogP contribution in [0.3, 0.4) is 0 Å². The first-order valence-electron chi connectivity index (χ1n) is 6.34. The maximum absolute atomic E-state index is 14.0. The van der Waals surface area contributed by atoms with E-state index in [4.69, 9.17) is 0 Å². The summed E-state index contributed by atoms with van der Waals surface area (Å²) in [6.45, 7) is 2.17. The van der Waals surface area contributed by atoms with Gasteiger partial charge in [0.05, 0.1) is 6.42 Å². The van der Waals surface area contributed by atoms with Crippen LogP contribution < -0.4 is 5.32 Å². The Kier molecular flexibility index (Phi) is 6.90. The highest BCUT2D eigenvalue weighted by Crippen LogP contribution is 2.38. The van der Waals surface area contributed by atoms with Crippen LogP contribution in [0, 0.1) is 5.82 Å². The Labute approximate surface area is 135 Å². The van der Waals surface area contributed by atoms with Crippen LogP contribution in [0.5, 0.6) is 0 Å². The lowest BCUT2D eigenvalue weighted by atomic mass is 10.00. The van der Waals surface area contributed by atoms with E-state index in [0.717, 1.165) is 0 Å². The number of benzene rings is 1. The fourth-order valence-electron chi connectivity index (χ4n) is 2.46. The molecule has 1 aliphatic heterocycles. The van der Waals surface area contributed by atoms with Gasteiger partial charge in [0.2, 0.25) is 0 Å². The van der Waals surface area contributed by atoms with E-state index in [1.165, 1.54) is 12.1 Å². The molecule has 1 saturated heterocycles. The SMILES string of the molecule is Cl.Fc1cccc(Br)c1[C@@H](CC(F)(F)F)N1CCNCC1. The van der Waals surface area contributed by atoms with Crippen LogP contribution in [0.15, 0.2) is 22.7 Å². The van der Waals surface area contributed by atoms with Crippen molar-refractivity contribution >= 4 is 28.3 Å². The van der Waals surface area contributed by atoms with Gasteiger partial charge in [0.15, 0.2) is 0 Å². The van der Waals surface area contributed by atoms with Gasteiger partial charge < -0.3 is 5.32 Å². The van der Waals surface area contributed by atoms with Gasteiger partial charge in [-0.1, -0.05) is 22.0 Å². The van der Waals surface area contributed by atoms with Crippen molar-refractivity contribution in [3.8, 4) is 0 Å². The second-order valence-corrected chi connectivity index (χ2v) is 5.61. The summed E-state index contributed by atoms with van der Waals surface area (Å²) in [6, 6.07) is 3.26. The molecular formula is C13H16BrClF4N2. The van der Waals surface area contributed by atoms with Crippen molar-refractivity contribution in [1.29, 1.82) is 0 Å². The number of rotatable bonds is 3. The summed E-state index contributed by atoms with van der Waals surface area (Å²) in [6.07, 6.45) is -5.39. The Morgan fingerprint density at radius 1 is 1.24 bits per heavy atom. The Balaban J connectivity index is 0.00000220. The maximum atomic E-state index is 14.0. The van der Waals surface area contributed by atoms with Crippen LogP contribution in [0.4, 0.5) is 17.6 Å². The van der Waals surface area contributed by atoms with Gasteiger partial charge in [-0.25, -0.2) is 4.39 Å². The van der Waals surface area contributed by atoms with E-state index in [-0.39, 0.29) is 18.0 Å². The smallest absolute Gasteiger partial charge is 0.314 e. The van der Waals surface area contributed by atoms with Crippen LogP contribution in [-0.2, 0) is 0 Å². The molecule has 120 valence electrons. The van der Waals surface area contributed by atoms with Gasteiger partial charge >= 0.3 is 6.18 Å². The highest BCUT2D eigenvalue weighted by molar-refractivity contribution is 9.10. The molecule has 0 saturated carbocycles. The molecule has 21 heavy (non-hydrogen) atoms. The molecule has 1 aromatic rings. The van der Waals surface area contributed by atoms with E-state index >= 15 is 0 Å². The van der Waals surface area contributed by atoms with Gasteiger partial charge in [-0.05, 0) is 12.1 Å². The Morgan fingerprint density at radius 3 is 2.38 bits per heavy atom. The Morgan fingerprint density at radius 2 is 1.86 bits per heavy atom. The van der Waals surface area contributed by atoms with Crippen molar-refractivity contribution < 1.29 is 17.6 Å². The number of halogens is 6. The summed E-state index contributed by atoms with van der Waals surface area (Å²) >= 11 is 3.17. The topological polar surface area (TPSA) is 15.3 Å². The minimum absolute atomic E-state index is 0. The summed E-state index contributed by atoms with van der Waals surface area (Å²) in [7, 11) is 0. The van der Waals surface area contributed by atoms with Crippen LogP contribution in [0.2, 0.25) is 0 Å². The average Bonchev–Trinajstić information content (AvgIpc) is 2.37. The largest absolute Gasteiger partial charge is 0.390 e. The lowest BCUT2D eigenvalue weighted by molar-refractivity contribution is -0.149. The van der Waals surface area contributed by atoms with Crippen molar-refractivity contribution in [3.63, 3.8) is 0 Å². The minimum atomic E-state index is -4.34. The molecule has 0 amide bonds. The van der Waals surface area contributed by atoms with Gasteiger partial charge in [-0.2, -0.15) is 13.2 Å². The van der Waals surface area contributed by atoms with Gasteiger partial charge in [-0.3, -0.25) is 4.90 Å². The van der Waals surface area contributed by atoms with Crippen LogP contribution in [0.1, 0.15) is 18.0 Å². The van der Waals surface area contributed by atoms with Crippen molar-refractivity contribution in [3.05, 3.63) is 34.1 Å². The first-order chi connectivity index (χ1) is 9.38. The number of hydrogen-bond donors (Lipinski definition) is 1. The van der Waals surface area contributed by atoms with Crippen LogP contribution in [-0.4, -0.2) is 37.3 Å². The molecule has 1 N–H and O–H groups in total. The monoisotopic (exact) mass is 390 g/mol. The molecule has 0 aromatic heterocycles. The zero-order valence-electron chi connectivity index (χ0n) is 11.1. The molecule has 0 aliphatic carbocycles. The van der Waals surface area contributed by atoms with E-state index in [1.54, 1.807) is 11.0 Å². The Hall–Kier alpha value is -0.370. The average molecular weight is 392 g/mol. The molecule has 2 rings (SSSR count). The van der Waals surface area contributed by atoms with Crippen molar-refractivity contribution in [2.45, 2.75) is 18.6 Å². The lowest BCUT2D eigenvalue weighted by Gasteiger charge is -2.36. The van der Waals surface area contributed by atoms with Crippen molar-refractivity contribution in [1.82, 2.24) is 10.2 Å². The molecule has 1 aromatic carbocycles. The molecule has 2 nitrogen and oxygen atoms in total. The molecule has 0 bridgehead atoms. The predicted octanol–water partition coefficient (Wildman–Crippen LogP) is 3.91. The minimum Gasteiger partial charge on any atom is -0.314 e. The van der Waals surface area contributed by atoms with Crippen LogP contribution >= 0.6 is 28.3 Å². The molecule has 0 unspecified atom stereocenters. The summed E-state index contributed by atoms with van der Waals surface area (Å²) in [5.41, 5.74) is 0.0896. The quantitative estimate of drug-likeness (QED) is 0.786. The second-order valence-electron chi connectivity index (χ2n) is 4.76. The fraction of sp³-hybridized carbons (Fsp3) is 0.538. The number of nitrogens with one attached hydrogen (secondary N) is 1. The third-order valence-electron chi connectivity index (χ3n) is 3.35. The molecule has 1 aliphatic rings. The van der Waals surface area contributed by atoms with E-state index < -0.39 is 24.5 Å². The summed E-state index contributed by atoms with van der Waals surface area (Å²) < 4.78 is 52.9. The third kappa shape index (κ3) is 5.09. The van der Waals surface area contributed by atoms with Gasteiger partial charge in [0.1, 0.15) is 5.82 Å². The van der Waals surface area contributed by atoms with Gasteiger partial charge in [0.25, 0.3) is 0 Å². The number of alkyl halides is 3. The summed E-state index contributed by atoms with van der Waals surface area (Å²) in [5.74, 6) is -0.604. The summed E-state index contributed by atoms with van der Waals surface area (Å²) in [5, 5.41) is 3.08. The normalized spacial score (nSPS) is 18.1. The number of piperazine rings is 1. The van der Waals surface area contributed by atoms with Crippen LogP contribution in [0.25, 0.3) is 0 Å². The second kappa shape index (κ2) is 7.76. The van der Waals surface area contributed by atoms with Crippen molar-refractivity contribution in [2.24, 2.45) is 0 Å². The third-order valence-corrected chi connectivity index (χ3v) is 4.04. The molecule has 1 fully saturated rings. The zero-order valence-corrected chi connectivity index (χ0v) is 13.5. The maximum Gasteiger partial charge on any atom is 0.390 e. The molecule has 1 atom stereocenters. The van der Waals surface area contributed by atoms with E-state index in [1.807, 2.05) is 0 Å². The van der Waals surface area contributed by atoms with E-state index in [2.05, 4.69) is 21.2 Å².